The van der Waals surface area contributed by atoms with E-state index in [0.29, 0.717) is 24.4 Å². The number of imidazole rings is 1. The molecule has 1 aromatic heterocycles. The van der Waals surface area contributed by atoms with Crippen LogP contribution < -0.4 is 10.6 Å². The summed E-state index contributed by atoms with van der Waals surface area (Å²) in [5.74, 6) is -0.628. The molecule has 0 radical (unpaired) electrons. The SMILES string of the molecule is CNC[C@@H](O)C(C)(C)S(=O)(=O)C1(CN2CCn3c(cnc3C(=O)NCc3ccc(Cl)cc3)C2=O)CC1. The summed E-state index contributed by atoms with van der Waals surface area (Å²) in [5.41, 5.74) is 1.12. The lowest BCUT2D eigenvalue weighted by Crippen LogP contribution is -2.56. The third-order valence-electron chi connectivity index (χ3n) is 7.27. The standard InChI is InChI=1S/C24H32ClN5O5S/c1-23(2,19(31)14-26-3)36(34,35)24(8-9-24)15-29-10-11-30-18(22(29)33)13-27-20(30)21(32)28-12-16-4-6-17(25)7-5-16/h4-7,13,19,26,31H,8-12,14-15H2,1-3H3,(H,28,32)/t19-/m1/s1. The number of carbonyl (C=O) groups is 2. The Bertz CT molecular complexity index is 1250. The summed E-state index contributed by atoms with van der Waals surface area (Å²) in [5, 5.41) is 16.7. The topological polar surface area (TPSA) is 134 Å². The zero-order chi connectivity index (χ0) is 26.3. The molecule has 0 unspecified atom stereocenters. The number of halogens is 1. The van der Waals surface area contributed by atoms with Gasteiger partial charge in [0.1, 0.15) is 5.69 Å². The number of sulfone groups is 1. The van der Waals surface area contributed by atoms with Crippen molar-refractivity contribution in [3.63, 3.8) is 0 Å². The van der Waals surface area contributed by atoms with Gasteiger partial charge in [0.2, 0.25) is 0 Å². The van der Waals surface area contributed by atoms with Gasteiger partial charge in [-0.2, -0.15) is 0 Å². The molecule has 1 aromatic carbocycles. The Morgan fingerprint density at radius 1 is 1.25 bits per heavy atom. The van der Waals surface area contributed by atoms with E-state index in [1.807, 2.05) is 12.1 Å². The molecule has 10 nitrogen and oxygen atoms in total. The van der Waals surface area contributed by atoms with Crippen molar-refractivity contribution in [2.75, 3.05) is 26.7 Å². The van der Waals surface area contributed by atoms with Crippen LogP contribution in [-0.4, -0.2) is 82.1 Å². The Balaban J connectivity index is 1.46. The Hall–Kier alpha value is -2.47. The number of hydrogen-bond donors (Lipinski definition) is 3. The number of carbonyl (C=O) groups excluding carboxylic acids is 2. The molecule has 0 spiro atoms. The number of benzene rings is 1. The maximum atomic E-state index is 13.6. The summed E-state index contributed by atoms with van der Waals surface area (Å²) < 4.78 is 26.3. The highest BCUT2D eigenvalue weighted by molar-refractivity contribution is 7.94. The van der Waals surface area contributed by atoms with Gasteiger partial charge in [-0.05, 0) is 51.4 Å². The van der Waals surface area contributed by atoms with E-state index in [9.17, 15) is 23.1 Å². The van der Waals surface area contributed by atoms with Gasteiger partial charge in [0, 0.05) is 37.7 Å². The summed E-state index contributed by atoms with van der Waals surface area (Å²) in [6, 6.07) is 7.10. The molecule has 1 aliphatic carbocycles. The first-order valence-electron chi connectivity index (χ1n) is 11.9. The van der Waals surface area contributed by atoms with Crippen molar-refractivity contribution in [1.29, 1.82) is 0 Å². The molecule has 1 aliphatic heterocycles. The molecule has 2 amide bonds. The summed E-state index contributed by atoms with van der Waals surface area (Å²) in [7, 11) is -2.12. The molecule has 36 heavy (non-hydrogen) atoms. The second-order valence-corrected chi connectivity index (χ2v) is 13.4. The smallest absolute Gasteiger partial charge is 0.287 e. The summed E-state index contributed by atoms with van der Waals surface area (Å²) in [6.07, 6.45) is 1.15. The van der Waals surface area contributed by atoms with Gasteiger partial charge >= 0.3 is 0 Å². The maximum Gasteiger partial charge on any atom is 0.287 e. The van der Waals surface area contributed by atoms with E-state index in [2.05, 4.69) is 15.6 Å². The minimum absolute atomic E-state index is 0.0488. The molecule has 12 heteroatoms. The zero-order valence-corrected chi connectivity index (χ0v) is 22.2. The fraction of sp³-hybridized carbons (Fsp3) is 0.542. The second kappa shape index (κ2) is 9.77. The lowest BCUT2D eigenvalue weighted by molar-refractivity contribution is 0.0697. The molecule has 2 aliphatic rings. The van der Waals surface area contributed by atoms with Crippen molar-refractivity contribution in [2.24, 2.45) is 0 Å². The molecule has 196 valence electrons. The fourth-order valence-electron chi connectivity index (χ4n) is 4.63. The van der Waals surface area contributed by atoms with Gasteiger partial charge in [0.15, 0.2) is 15.7 Å². The lowest BCUT2D eigenvalue weighted by atomic mass is 10.1. The number of amides is 2. The quantitative estimate of drug-likeness (QED) is 0.415. The van der Waals surface area contributed by atoms with Gasteiger partial charge in [0.25, 0.3) is 11.8 Å². The predicted molar refractivity (Wildman–Crippen MR) is 136 cm³/mol. The molecular weight excluding hydrogens is 506 g/mol. The van der Waals surface area contributed by atoms with Gasteiger partial charge in [-0.25, -0.2) is 13.4 Å². The van der Waals surface area contributed by atoms with Crippen LogP contribution >= 0.6 is 11.6 Å². The Labute approximate surface area is 215 Å². The highest BCUT2D eigenvalue weighted by atomic mass is 35.5. The van der Waals surface area contributed by atoms with Crippen LogP contribution in [0.25, 0.3) is 0 Å². The summed E-state index contributed by atoms with van der Waals surface area (Å²) in [4.78, 5) is 31.7. The fourth-order valence-corrected chi connectivity index (χ4v) is 7.28. The van der Waals surface area contributed by atoms with E-state index in [4.69, 9.17) is 11.6 Å². The largest absolute Gasteiger partial charge is 0.390 e. The molecule has 2 heterocycles. The van der Waals surface area contributed by atoms with Crippen LogP contribution in [0.15, 0.2) is 30.5 Å². The van der Waals surface area contributed by atoms with Crippen LogP contribution in [0.3, 0.4) is 0 Å². The van der Waals surface area contributed by atoms with Crippen molar-refractivity contribution in [1.82, 2.24) is 25.1 Å². The number of nitrogens with one attached hydrogen (secondary N) is 2. The van der Waals surface area contributed by atoms with Gasteiger partial charge in [-0.15, -0.1) is 0 Å². The van der Waals surface area contributed by atoms with Crippen molar-refractivity contribution >= 4 is 33.3 Å². The average Bonchev–Trinajstić information content (AvgIpc) is 3.50. The zero-order valence-electron chi connectivity index (χ0n) is 20.6. The number of nitrogens with zero attached hydrogens (tertiary/aromatic N) is 3. The first-order chi connectivity index (χ1) is 16.9. The second-order valence-electron chi connectivity index (χ2n) is 10.0. The molecular formula is C24H32ClN5O5S. The van der Waals surface area contributed by atoms with Crippen LogP contribution in [0.5, 0.6) is 0 Å². The van der Waals surface area contributed by atoms with E-state index >= 15 is 0 Å². The number of hydrogen-bond acceptors (Lipinski definition) is 7. The first kappa shape index (κ1) is 26.6. The van der Waals surface area contributed by atoms with Crippen LogP contribution in [0, 0.1) is 0 Å². The van der Waals surface area contributed by atoms with Gasteiger partial charge in [0.05, 0.1) is 21.8 Å². The minimum Gasteiger partial charge on any atom is -0.390 e. The Morgan fingerprint density at radius 2 is 1.92 bits per heavy atom. The molecule has 0 bridgehead atoms. The van der Waals surface area contributed by atoms with E-state index in [0.717, 1.165) is 5.56 Å². The monoisotopic (exact) mass is 537 g/mol. The molecule has 1 atom stereocenters. The number of aromatic nitrogens is 2. The van der Waals surface area contributed by atoms with Crippen molar-refractivity contribution < 1.29 is 23.1 Å². The molecule has 1 fully saturated rings. The Kier molecular flexibility index (Phi) is 7.22. The number of rotatable bonds is 10. The van der Waals surface area contributed by atoms with Crippen molar-refractivity contribution in [3.8, 4) is 0 Å². The van der Waals surface area contributed by atoms with Gasteiger partial charge in [-0.3, -0.25) is 9.59 Å². The summed E-state index contributed by atoms with van der Waals surface area (Å²) >= 11 is 5.89. The number of fused-ring (bicyclic) bond motifs is 1. The third kappa shape index (κ3) is 4.65. The van der Waals surface area contributed by atoms with Crippen molar-refractivity contribution in [2.45, 2.75) is 55.4 Å². The molecule has 3 N–H and O–H groups in total. The van der Waals surface area contributed by atoms with E-state index < -0.39 is 31.3 Å². The molecule has 1 saturated carbocycles. The number of aliphatic hydroxyl groups is 1. The van der Waals surface area contributed by atoms with Crippen LogP contribution in [-0.2, 0) is 22.9 Å². The van der Waals surface area contributed by atoms with Crippen LogP contribution in [0.2, 0.25) is 5.02 Å². The highest BCUT2D eigenvalue weighted by Crippen LogP contribution is 2.49. The number of likely N-dealkylation sites (N-methyl/N-ethyl adjacent to an activating group) is 1. The molecule has 2 aromatic rings. The average molecular weight is 538 g/mol. The highest BCUT2D eigenvalue weighted by Gasteiger charge is 2.62. The lowest BCUT2D eigenvalue weighted by Gasteiger charge is -2.37. The van der Waals surface area contributed by atoms with Crippen molar-refractivity contribution in [3.05, 3.63) is 52.6 Å². The number of aliphatic hydroxyl groups excluding tert-OH is 1. The first-order valence-corrected chi connectivity index (χ1v) is 13.7. The van der Waals surface area contributed by atoms with E-state index in [-0.39, 0.29) is 43.6 Å². The predicted octanol–water partition coefficient (Wildman–Crippen LogP) is 1.23. The Morgan fingerprint density at radius 3 is 2.53 bits per heavy atom. The molecule has 0 saturated heterocycles. The van der Waals surface area contributed by atoms with Gasteiger partial charge in [-0.1, -0.05) is 23.7 Å². The summed E-state index contributed by atoms with van der Waals surface area (Å²) in [6.45, 7) is 4.13. The normalized spacial score (nSPS) is 18.0. The van der Waals surface area contributed by atoms with Crippen LogP contribution in [0.4, 0.5) is 0 Å². The molecule has 4 rings (SSSR count). The van der Waals surface area contributed by atoms with Gasteiger partial charge < -0.3 is 25.2 Å². The van der Waals surface area contributed by atoms with E-state index in [1.165, 1.54) is 24.9 Å². The van der Waals surface area contributed by atoms with E-state index in [1.54, 1.807) is 23.7 Å². The maximum absolute atomic E-state index is 13.6. The third-order valence-corrected chi connectivity index (χ3v) is 10.9. The minimum atomic E-state index is -3.77. The van der Waals surface area contributed by atoms with Crippen LogP contribution in [0.1, 0.15) is 53.4 Å².